The quantitative estimate of drug-likeness (QED) is 0.526. The summed E-state index contributed by atoms with van der Waals surface area (Å²) in [6.07, 6.45) is 4.41. The van der Waals surface area contributed by atoms with Crippen molar-refractivity contribution in [2.24, 2.45) is 0 Å². The fraction of sp³-hybridized carbons (Fsp3) is 0.478. The molecule has 4 heteroatoms. The van der Waals surface area contributed by atoms with Crippen LogP contribution in [-0.2, 0) is 15.9 Å². The molecule has 1 fully saturated rings. The Morgan fingerprint density at radius 3 is 2.44 bits per heavy atom. The minimum Gasteiger partial charge on any atom is -0.379 e. The first-order chi connectivity index (χ1) is 13.3. The van der Waals surface area contributed by atoms with Crippen molar-refractivity contribution in [2.75, 3.05) is 39.5 Å². The normalized spacial score (nSPS) is 16.3. The van der Waals surface area contributed by atoms with Crippen LogP contribution in [0.15, 0.2) is 54.6 Å². The van der Waals surface area contributed by atoms with Crippen molar-refractivity contribution >= 4 is 11.6 Å². The molecule has 0 aromatic heterocycles. The SMILES string of the molecule is Clc1ccc(C(CCCc2ccccc2)OCCCN2CCOCC2)cc1. The molecular weight excluding hydrogens is 358 g/mol. The van der Waals surface area contributed by atoms with Gasteiger partial charge in [-0.25, -0.2) is 0 Å². The second-order valence-electron chi connectivity index (χ2n) is 7.10. The van der Waals surface area contributed by atoms with Gasteiger partial charge in [0.2, 0.25) is 0 Å². The van der Waals surface area contributed by atoms with Crippen molar-refractivity contribution in [3.05, 3.63) is 70.7 Å². The van der Waals surface area contributed by atoms with Crippen LogP contribution in [0.5, 0.6) is 0 Å². The van der Waals surface area contributed by atoms with Crippen LogP contribution < -0.4 is 0 Å². The van der Waals surface area contributed by atoms with E-state index in [0.29, 0.717) is 0 Å². The number of benzene rings is 2. The highest BCUT2D eigenvalue weighted by molar-refractivity contribution is 6.30. The van der Waals surface area contributed by atoms with E-state index in [4.69, 9.17) is 21.1 Å². The summed E-state index contributed by atoms with van der Waals surface area (Å²) < 4.78 is 11.7. The molecule has 0 N–H and O–H groups in total. The predicted molar refractivity (Wildman–Crippen MR) is 111 cm³/mol. The lowest BCUT2D eigenvalue weighted by atomic mass is 10.0. The maximum atomic E-state index is 6.30. The van der Waals surface area contributed by atoms with E-state index >= 15 is 0 Å². The molecule has 1 heterocycles. The van der Waals surface area contributed by atoms with Crippen LogP contribution in [0.4, 0.5) is 0 Å². The predicted octanol–water partition coefficient (Wildman–Crippen LogP) is 5.14. The lowest BCUT2D eigenvalue weighted by molar-refractivity contribution is 0.0176. The highest BCUT2D eigenvalue weighted by Gasteiger charge is 2.14. The van der Waals surface area contributed by atoms with Gasteiger partial charge in [-0.3, -0.25) is 4.90 Å². The second-order valence-corrected chi connectivity index (χ2v) is 7.53. The van der Waals surface area contributed by atoms with Crippen LogP contribution in [0, 0.1) is 0 Å². The molecule has 1 atom stereocenters. The zero-order valence-corrected chi connectivity index (χ0v) is 16.7. The summed E-state index contributed by atoms with van der Waals surface area (Å²) in [4.78, 5) is 2.46. The van der Waals surface area contributed by atoms with Gasteiger partial charge in [-0.2, -0.15) is 0 Å². The van der Waals surface area contributed by atoms with Gasteiger partial charge in [0.05, 0.1) is 19.3 Å². The van der Waals surface area contributed by atoms with Gasteiger partial charge in [0, 0.05) is 31.3 Å². The van der Waals surface area contributed by atoms with Gasteiger partial charge in [-0.05, 0) is 48.9 Å². The van der Waals surface area contributed by atoms with Crippen LogP contribution >= 0.6 is 11.6 Å². The van der Waals surface area contributed by atoms with E-state index in [9.17, 15) is 0 Å². The van der Waals surface area contributed by atoms with Crippen LogP contribution in [0.3, 0.4) is 0 Å². The number of hydrogen-bond donors (Lipinski definition) is 0. The molecule has 2 aromatic carbocycles. The van der Waals surface area contributed by atoms with E-state index in [1.54, 1.807) is 0 Å². The molecule has 3 rings (SSSR count). The summed E-state index contributed by atoms with van der Waals surface area (Å²) in [7, 11) is 0. The van der Waals surface area contributed by atoms with Crippen molar-refractivity contribution < 1.29 is 9.47 Å². The Morgan fingerprint density at radius 1 is 0.963 bits per heavy atom. The standard InChI is InChI=1S/C23H30ClNO2/c24-22-12-10-21(11-13-22)23(9-4-8-20-6-2-1-3-7-20)27-17-5-14-25-15-18-26-19-16-25/h1-3,6-7,10-13,23H,4-5,8-9,14-19H2. The van der Waals surface area contributed by atoms with Gasteiger partial charge in [0.1, 0.15) is 0 Å². The highest BCUT2D eigenvalue weighted by atomic mass is 35.5. The van der Waals surface area contributed by atoms with Gasteiger partial charge in [-0.1, -0.05) is 54.1 Å². The molecule has 0 aliphatic carbocycles. The number of ether oxygens (including phenoxy) is 2. The van der Waals surface area contributed by atoms with E-state index in [2.05, 4.69) is 47.4 Å². The van der Waals surface area contributed by atoms with E-state index in [1.165, 1.54) is 11.1 Å². The molecule has 146 valence electrons. The Morgan fingerprint density at radius 2 is 1.70 bits per heavy atom. The third kappa shape index (κ3) is 7.27. The van der Waals surface area contributed by atoms with Crippen molar-refractivity contribution in [3.63, 3.8) is 0 Å². The van der Waals surface area contributed by atoms with E-state index in [-0.39, 0.29) is 6.10 Å². The van der Waals surface area contributed by atoms with Crippen LogP contribution in [0.2, 0.25) is 5.02 Å². The van der Waals surface area contributed by atoms with Crippen molar-refractivity contribution in [1.29, 1.82) is 0 Å². The molecule has 1 unspecified atom stereocenters. The molecule has 0 spiro atoms. The summed E-state index contributed by atoms with van der Waals surface area (Å²) >= 11 is 6.06. The Balaban J connectivity index is 1.47. The van der Waals surface area contributed by atoms with Crippen molar-refractivity contribution in [2.45, 2.75) is 31.8 Å². The fourth-order valence-corrected chi connectivity index (χ4v) is 3.62. The summed E-state index contributed by atoms with van der Waals surface area (Å²) in [5.74, 6) is 0. The molecule has 1 aliphatic heterocycles. The van der Waals surface area contributed by atoms with E-state index < -0.39 is 0 Å². The maximum Gasteiger partial charge on any atom is 0.0825 e. The first kappa shape index (κ1) is 20.3. The Labute approximate surface area is 168 Å². The maximum absolute atomic E-state index is 6.30. The molecule has 1 saturated heterocycles. The molecule has 27 heavy (non-hydrogen) atoms. The first-order valence-electron chi connectivity index (χ1n) is 10.0. The Kier molecular flexibility index (Phi) is 8.63. The Hall–Kier alpha value is -1.39. The zero-order chi connectivity index (χ0) is 18.7. The van der Waals surface area contributed by atoms with Crippen LogP contribution in [0.1, 0.15) is 36.5 Å². The smallest absolute Gasteiger partial charge is 0.0825 e. The summed E-state index contributed by atoms with van der Waals surface area (Å²) in [6.45, 7) is 5.66. The van der Waals surface area contributed by atoms with Gasteiger partial charge in [-0.15, -0.1) is 0 Å². The number of rotatable bonds is 10. The lowest BCUT2D eigenvalue weighted by Crippen LogP contribution is -2.37. The summed E-state index contributed by atoms with van der Waals surface area (Å²) in [6, 6.07) is 18.8. The monoisotopic (exact) mass is 387 g/mol. The lowest BCUT2D eigenvalue weighted by Gasteiger charge is -2.27. The van der Waals surface area contributed by atoms with E-state index in [0.717, 1.165) is 70.2 Å². The third-order valence-corrected chi connectivity index (χ3v) is 5.31. The van der Waals surface area contributed by atoms with Crippen LogP contribution in [-0.4, -0.2) is 44.4 Å². The molecule has 0 radical (unpaired) electrons. The van der Waals surface area contributed by atoms with Crippen molar-refractivity contribution in [1.82, 2.24) is 4.90 Å². The molecule has 2 aromatic rings. The largest absolute Gasteiger partial charge is 0.379 e. The van der Waals surface area contributed by atoms with Gasteiger partial charge in [0.25, 0.3) is 0 Å². The summed E-state index contributed by atoms with van der Waals surface area (Å²) in [5.41, 5.74) is 2.61. The first-order valence-corrected chi connectivity index (χ1v) is 10.4. The van der Waals surface area contributed by atoms with Gasteiger partial charge < -0.3 is 9.47 Å². The fourth-order valence-electron chi connectivity index (χ4n) is 3.50. The average molecular weight is 388 g/mol. The highest BCUT2D eigenvalue weighted by Crippen LogP contribution is 2.25. The number of halogens is 1. The van der Waals surface area contributed by atoms with E-state index in [1.807, 2.05) is 12.1 Å². The third-order valence-electron chi connectivity index (χ3n) is 5.06. The second kappa shape index (κ2) is 11.5. The zero-order valence-electron chi connectivity index (χ0n) is 16.0. The molecular formula is C23H30ClNO2. The molecule has 0 saturated carbocycles. The van der Waals surface area contributed by atoms with Gasteiger partial charge in [0.15, 0.2) is 0 Å². The molecule has 3 nitrogen and oxygen atoms in total. The van der Waals surface area contributed by atoms with Crippen molar-refractivity contribution in [3.8, 4) is 0 Å². The minimum absolute atomic E-state index is 0.135. The van der Waals surface area contributed by atoms with Crippen LogP contribution in [0.25, 0.3) is 0 Å². The number of morpholine rings is 1. The minimum atomic E-state index is 0.135. The summed E-state index contributed by atoms with van der Waals surface area (Å²) in [5, 5.41) is 0.772. The topological polar surface area (TPSA) is 21.7 Å². The number of nitrogens with zero attached hydrogens (tertiary/aromatic N) is 1. The van der Waals surface area contributed by atoms with Gasteiger partial charge >= 0.3 is 0 Å². The molecule has 0 amide bonds. The average Bonchev–Trinajstić information content (AvgIpc) is 2.72. The number of hydrogen-bond acceptors (Lipinski definition) is 3. The molecule has 1 aliphatic rings. The number of aryl methyl sites for hydroxylation is 1. The molecule has 0 bridgehead atoms. The Bertz CT molecular complexity index is 641.